The fourth-order valence-corrected chi connectivity index (χ4v) is 2.95. The monoisotopic (exact) mass is 486 g/mol. The zero-order valence-electron chi connectivity index (χ0n) is 17.0. The van der Waals surface area contributed by atoms with Crippen LogP contribution in [0.15, 0.2) is 82.8 Å². The molecule has 0 aliphatic carbocycles. The molecule has 0 bridgehead atoms. The van der Waals surface area contributed by atoms with E-state index >= 15 is 0 Å². The molecule has 5 nitrogen and oxygen atoms in total. The molecule has 0 unspecified atom stereocenters. The summed E-state index contributed by atoms with van der Waals surface area (Å²) in [6, 6.07) is 23.7. The zero-order chi connectivity index (χ0) is 22.8. The van der Waals surface area contributed by atoms with Crippen molar-refractivity contribution in [2.45, 2.75) is 6.61 Å². The topological polar surface area (TPSA) is 71.3 Å². The van der Waals surface area contributed by atoms with Gasteiger partial charge in [0.2, 0.25) is 0 Å². The van der Waals surface area contributed by atoms with Crippen molar-refractivity contribution in [1.29, 1.82) is 5.26 Å². The number of nitriles is 1. The standard InChI is InChI=1S/C26H19BrN2O3/c1-2-15-31-24-11-5-19(6-12-24)16-21(17-28)26(30)29-23-9-13-25(14-10-23)32-18-20-3-7-22(27)8-4-20/h1,3-14,16H,15,18H2,(H,29,30)/b21-16+. The molecule has 0 saturated carbocycles. The summed E-state index contributed by atoms with van der Waals surface area (Å²) < 4.78 is 12.1. The molecule has 1 amide bonds. The molecule has 0 heterocycles. The lowest BCUT2D eigenvalue weighted by Gasteiger charge is -2.08. The predicted molar refractivity (Wildman–Crippen MR) is 128 cm³/mol. The summed E-state index contributed by atoms with van der Waals surface area (Å²) in [6.45, 7) is 0.613. The molecule has 0 spiro atoms. The van der Waals surface area contributed by atoms with Crippen LogP contribution in [0, 0.1) is 23.7 Å². The Kier molecular flexibility index (Phi) is 8.09. The third-order valence-electron chi connectivity index (χ3n) is 4.31. The number of hydrogen-bond acceptors (Lipinski definition) is 4. The van der Waals surface area contributed by atoms with Gasteiger partial charge in [-0.1, -0.05) is 46.1 Å². The molecule has 0 aromatic heterocycles. The van der Waals surface area contributed by atoms with Gasteiger partial charge in [-0.05, 0) is 65.7 Å². The normalized spacial score (nSPS) is 10.5. The smallest absolute Gasteiger partial charge is 0.266 e. The van der Waals surface area contributed by atoms with Crippen molar-refractivity contribution in [2.24, 2.45) is 0 Å². The van der Waals surface area contributed by atoms with Gasteiger partial charge in [-0.3, -0.25) is 4.79 Å². The van der Waals surface area contributed by atoms with Crippen LogP contribution in [-0.4, -0.2) is 12.5 Å². The maximum Gasteiger partial charge on any atom is 0.266 e. The molecular formula is C26H19BrN2O3. The summed E-state index contributed by atoms with van der Waals surface area (Å²) in [5.74, 6) is 3.19. The average Bonchev–Trinajstić information content (AvgIpc) is 2.82. The third-order valence-corrected chi connectivity index (χ3v) is 4.84. The van der Waals surface area contributed by atoms with Crippen molar-refractivity contribution in [2.75, 3.05) is 11.9 Å². The number of nitrogens with one attached hydrogen (secondary N) is 1. The molecule has 0 atom stereocenters. The van der Waals surface area contributed by atoms with Crippen molar-refractivity contribution in [1.82, 2.24) is 0 Å². The van der Waals surface area contributed by atoms with Gasteiger partial charge in [0.1, 0.15) is 36.4 Å². The summed E-state index contributed by atoms with van der Waals surface area (Å²) in [5.41, 5.74) is 2.29. The number of carbonyl (C=O) groups excluding carboxylic acids is 1. The Morgan fingerprint density at radius 1 is 0.969 bits per heavy atom. The minimum atomic E-state index is -0.497. The first-order valence-corrected chi connectivity index (χ1v) is 10.4. The molecule has 158 valence electrons. The fraction of sp³-hybridized carbons (Fsp3) is 0.0769. The van der Waals surface area contributed by atoms with Crippen LogP contribution in [-0.2, 0) is 11.4 Å². The minimum Gasteiger partial charge on any atom is -0.489 e. The number of nitrogens with zero attached hydrogens (tertiary/aromatic N) is 1. The van der Waals surface area contributed by atoms with Crippen LogP contribution in [0.25, 0.3) is 6.08 Å². The first-order chi connectivity index (χ1) is 15.6. The maximum absolute atomic E-state index is 12.5. The van der Waals surface area contributed by atoms with Gasteiger partial charge in [-0.25, -0.2) is 0 Å². The molecule has 0 saturated heterocycles. The Balaban J connectivity index is 1.58. The number of hydrogen-bond donors (Lipinski definition) is 1. The van der Waals surface area contributed by atoms with Crippen LogP contribution < -0.4 is 14.8 Å². The van der Waals surface area contributed by atoms with Crippen molar-refractivity contribution in [3.63, 3.8) is 0 Å². The largest absolute Gasteiger partial charge is 0.489 e. The number of terminal acetylenes is 1. The van der Waals surface area contributed by atoms with Gasteiger partial charge in [-0.2, -0.15) is 5.26 Å². The second kappa shape index (κ2) is 11.4. The highest BCUT2D eigenvalue weighted by atomic mass is 79.9. The second-order valence-corrected chi connectivity index (χ2v) is 7.54. The minimum absolute atomic E-state index is 0.0159. The maximum atomic E-state index is 12.5. The van der Waals surface area contributed by atoms with Gasteiger partial charge in [-0.15, -0.1) is 6.42 Å². The van der Waals surface area contributed by atoms with Gasteiger partial charge in [0.15, 0.2) is 0 Å². The van der Waals surface area contributed by atoms with E-state index in [4.69, 9.17) is 15.9 Å². The van der Waals surface area contributed by atoms with Crippen LogP contribution >= 0.6 is 15.9 Å². The zero-order valence-corrected chi connectivity index (χ0v) is 18.6. The Hall–Kier alpha value is -4.00. The van der Waals surface area contributed by atoms with E-state index < -0.39 is 5.91 Å². The molecule has 1 N–H and O–H groups in total. The first kappa shape index (κ1) is 22.7. The van der Waals surface area contributed by atoms with Gasteiger partial charge < -0.3 is 14.8 Å². The Labute approximate surface area is 195 Å². The number of amides is 1. The number of carbonyl (C=O) groups is 1. The van der Waals surface area contributed by atoms with E-state index in [-0.39, 0.29) is 12.2 Å². The Morgan fingerprint density at radius 2 is 1.59 bits per heavy atom. The van der Waals surface area contributed by atoms with Gasteiger partial charge in [0.05, 0.1) is 0 Å². The van der Waals surface area contributed by atoms with E-state index in [1.165, 1.54) is 6.08 Å². The number of rotatable bonds is 8. The Morgan fingerprint density at radius 3 is 2.22 bits per heavy atom. The number of benzene rings is 3. The molecule has 3 aromatic rings. The number of ether oxygens (including phenoxy) is 2. The van der Waals surface area contributed by atoms with Gasteiger partial charge >= 0.3 is 0 Å². The number of anilines is 1. The summed E-state index contributed by atoms with van der Waals surface area (Å²) in [5, 5.41) is 12.1. The van der Waals surface area contributed by atoms with E-state index in [9.17, 15) is 10.1 Å². The lowest BCUT2D eigenvalue weighted by atomic mass is 10.1. The lowest BCUT2D eigenvalue weighted by molar-refractivity contribution is -0.112. The van der Waals surface area contributed by atoms with Crippen molar-refractivity contribution < 1.29 is 14.3 Å². The summed E-state index contributed by atoms with van der Waals surface area (Å²) >= 11 is 3.40. The third kappa shape index (κ3) is 6.77. The van der Waals surface area contributed by atoms with Crippen LogP contribution in [0.2, 0.25) is 0 Å². The van der Waals surface area contributed by atoms with E-state index in [2.05, 4.69) is 27.2 Å². The van der Waals surface area contributed by atoms with Crippen LogP contribution in [0.3, 0.4) is 0 Å². The van der Waals surface area contributed by atoms with Crippen LogP contribution in [0.5, 0.6) is 11.5 Å². The molecule has 32 heavy (non-hydrogen) atoms. The fourth-order valence-electron chi connectivity index (χ4n) is 2.68. The predicted octanol–water partition coefficient (Wildman–Crippen LogP) is 5.59. The SMILES string of the molecule is C#CCOc1ccc(/C=C(\C#N)C(=O)Nc2ccc(OCc3ccc(Br)cc3)cc2)cc1. The van der Waals surface area contributed by atoms with E-state index in [0.29, 0.717) is 29.4 Å². The summed E-state index contributed by atoms with van der Waals surface area (Å²) in [7, 11) is 0. The average molecular weight is 487 g/mol. The van der Waals surface area contributed by atoms with Gasteiger partial charge in [0.25, 0.3) is 5.91 Å². The highest BCUT2D eigenvalue weighted by Crippen LogP contribution is 2.19. The van der Waals surface area contributed by atoms with E-state index in [1.54, 1.807) is 48.5 Å². The molecule has 0 aliphatic rings. The summed E-state index contributed by atoms with van der Waals surface area (Å²) in [6.07, 6.45) is 6.68. The quantitative estimate of drug-likeness (QED) is 0.256. The van der Waals surface area contributed by atoms with E-state index in [0.717, 1.165) is 10.0 Å². The van der Waals surface area contributed by atoms with Crippen LogP contribution in [0.4, 0.5) is 5.69 Å². The van der Waals surface area contributed by atoms with Crippen molar-refractivity contribution in [3.05, 3.63) is 94.0 Å². The highest BCUT2D eigenvalue weighted by molar-refractivity contribution is 9.10. The molecule has 3 aromatic carbocycles. The van der Waals surface area contributed by atoms with Crippen molar-refractivity contribution in [3.8, 4) is 29.9 Å². The number of halogens is 1. The van der Waals surface area contributed by atoms with E-state index in [1.807, 2.05) is 30.3 Å². The molecule has 0 aliphatic heterocycles. The molecule has 0 radical (unpaired) electrons. The second-order valence-electron chi connectivity index (χ2n) is 6.63. The van der Waals surface area contributed by atoms with Crippen LogP contribution in [0.1, 0.15) is 11.1 Å². The highest BCUT2D eigenvalue weighted by Gasteiger charge is 2.10. The molecule has 0 fully saturated rings. The Bertz CT molecular complexity index is 1170. The molecule has 6 heteroatoms. The van der Waals surface area contributed by atoms with Crippen molar-refractivity contribution >= 4 is 33.6 Å². The lowest BCUT2D eigenvalue weighted by Crippen LogP contribution is -2.13. The molecule has 3 rings (SSSR count). The molecular weight excluding hydrogens is 468 g/mol. The van der Waals surface area contributed by atoms with Gasteiger partial charge in [0, 0.05) is 10.2 Å². The first-order valence-electron chi connectivity index (χ1n) is 9.64. The summed E-state index contributed by atoms with van der Waals surface area (Å²) in [4.78, 5) is 12.5.